The SMILES string of the molecule is CCCCCC(C)Oc1ccc(C)cc1. The molecule has 0 heterocycles. The van der Waals surface area contributed by atoms with Crippen LogP contribution in [0.4, 0.5) is 0 Å². The van der Waals surface area contributed by atoms with E-state index in [-0.39, 0.29) is 0 Å². The highest BCUT2D eigenvalue weighted by Gasteiger charge is 2.02. The fraction of sp³-hybridized carbons (Fsp3) is 0.571. The molecule has 0 radical (unpaired) electrons. The topological polar surface area (TPSA) is 9.23 Å². The van der Waals surface area contributed by atoms with Crippen LogP contribution in [0.2, 0.25) is 0 Å². The Hall–Kier alpha value is -0.980. The van der Waals surface area contributed by atoms with E-state index in [0.717, 1.165) is 12.2 Å². The molecule has 1 atom stereocenters. The van der Waals surface area contributed by atoms with Gasteiger partial charge in [-0.15, -0.1) is 0 Å². The number of aryl methyl sites for hydroxylation is 1. The summed E-state index contributed by atoms with van der Waals surface area (Å²) in [5, 5.41) is 0. The monoisotopic (exact) mass is 206 g/mol. The molecule has 0 aliphatic carbocycles. The second-order valence-corrected chi connectivity index (χ2v) is 4.24. The second kappa shape index (κ2) is 6.49. The highest BCUT2D eigenvalue weighted by molar-refractivity contribution is 5.26. The van der Waals surface area contributed by atoms with Crippen molar-refractivity contribution in [2.45, 2.75) is 52.6 Å². The molecular formula is C14H22O. The van der Waals surface area contributed by atoms with E-state index < -0.39 is 0 Å². The Balaban J connectivity index is 2.31. The van der Waals surface area contributed by atoms with Crippen molar-refractivity contribution < 1.29 is 4.74 Å². The van der Waals surface area contributed by atoms with Gasteiger partial charge in [-0.1, -0.05) is 37.5 Å². The molecule has 0 fully saturated rings. The van der Waals surface area contributed by atoms with Gasteiger partial charge in [-0.3, -0.25) is 0 Å². The first-order chi connectivity index (χ1) is 7.22. The van der Waals surface area contributed by atoms with Crippen molar-refractivity contribution in [1.82, 2.24) is 0 Å². The normalized spacial score (nSPS) is 12.5. The Morgan fingerprint density at radius 1 is 1.13 bits per heavy atom. The van der Waals surface area contributed by atoms with E-state index in [4.69, 9.17) is 4.74 Å². The Bertz CT molecular complexity index is 263. The number of ether oxygens (including phenoxy) is 1. The van der Waals surface area contributed by atoms with Gasteiger partial charge in [0.25, 0.3) is 0 Å². The molecule has 1 aromatic rings. The van der Waals surface area contributed by atoms with Gasteiger partial charge >= 0.3 is 0 Å². The van der Waals surface area contributed by atoms with Crippen molar-refractivity contribution >= 4 is 0 Å². The molecule has 84 valence electrons. The molecule has 0 aromatic heterocycles. The lowest BCUT2D eigenvalue weighted by Crippen LogP contribution is -2.11. The van der Waals surface area contributed by atoms with Gasteiger partial charge < -0.3 is 4.74 Å². The molecule has 0 saturated heterocycles. The molecule has 1 rings (SSSR count). The van der Waals surface area contributed by atoms with E-state index in [9.17, 15) is 0 Å². The van der Waals surface area contributed by atoms with E-state index in [1.54, 1.807) is 0 Å². The summed E-state index contributed by atoms with van der Waals surface area (Å²) in [5.74, 6) is 0.990. The first-order valence-corrected chi connectivity index (χ1v) is 5.95. The summed E-state index contributed by atoms with van der Waals surface area (Å²) >= 11 is 0. The highest BCUT2D eigenvalue weighted by atomic mass is 16.5. The van der Waals surface area contributed by atoms with E-state index in [2.05, 4.69) is 32.9 Å². The van der Waals surface area contributed by atoms with Crippen molar-refractivity contribution in [2.24, 2.45) is 0 Å². The van der Waals surface area contributed by atoms with Crippen molar-refractivity contribution in [2.75, 3.05) is 0 Å². The average Bonchev–Trinajstić information content (AvgIpc) is 2.22. The Morgan fingerprint density at radius 3 is 2.40 bits per heavy atom. The summed E-state index contributed by atoms with van der Waals surface area (Å²) in [6.45, 7) is 6.47. The first kappa shape index (κ1) is 12.1. The van der Waals surface area contributed by atoms with E-state index >= 15 is 0 Å². The standard InChI is InChI=1S/C14H22O/c1-4-5-6-7-13(3)15-14-10-8-12(2)9-11-14/h8-11,13H,4-7H2,1-3H3. The lowest BCUT2D eigenvalue weighted by molar-refractivity contribution is 0.206. The molecular weight excluding hydrogens is 184 g/mol. The van der Waals surface area contributed by atoms with Gasteiger partial charge in [-0.25, -0.2) is 0 Å². The lowest BCUT2D eigenvalue weighted by Gasteiger charge is -2.14. The molecule has 0 saturated carbocycles. The van der Waals surface area contributed by atoms with Crippen LogP contribution in [-0.4, -0.2) is 6.10 Å². The smallest absolute Gasteiger partial charge is 0.119 e. The zero-order valence-electron chi connectivity index (χ0n) is 10.1. The Morgan fingerprint density at radius 2 is 1.80 bits per heavy atom. The molecule has 1 heteroatoms. The molecule has 1 unspecified atom stereocenters. The van der Waals surface area contributed by atoms with Crippen LogP contribution in [0.1, 0.15) is 45.1 Å². The molecule has 0 bridgehead atoms. The predicted molar refractivity (Wildman–Crippen MR) is 65.4 cm³/mol. The van der Waals surface area contributed by atoms with Gasteiger partial charge in [0.1, 0.15) is 5.75 Å². The maximum atomic E-state index is 5.82. The van der Waals surface area contributed by atoms with Crippen LogP contribution in [0.3, 0.4) is 0 Å². The lowest BCUT2D eigenvalue weighted by atomic mass is 10.1. The van der Waals surface area contributed by atoms with Crippen molar-refractivity contribution in [3.63, 3.8) is 0 Å². The molecule has 0 N–H and O–H groups in total. The summed E-state index contributed by atoms with van der Waals surface area (Å²) in [7, 11) is 0. The van der Waals surface area contributed by atoms with Crippen molar-refractivity contribution in [3.05, 3.63) is 29.8 Å². The van der Waals surface area contributed by atoms with Crippen LogP contribution in [0.15, 0.2) is 24.3 Å². The van der Waals surface area contributed by atoms with Gasteiger partial charge in [-0.05, 0) is 38.8 Å². The van der Waals surface area contributed by atoms with E-state index in [1.807, 2.05) is 12.1 Å². The van der Waals surface area contributed by atoms with Crippen LogP contribution in [-0.2, 0) is 0 Å². The minimum absolute atomic E-state index is 0.333. The van der Waals surface area contributed by atoms with Crippen LogP contribution < -0.4 is 4.74 Å². The Labute approximate surface area is 93.5 Å². The largest absolute Gasteiger partial charge is 0.491 e. The third kappa shape index (κ3) is 4.87. The summed E-state index contributed by atoms with van der Waals surface area (Å²) in [6, 6.07) is 8.28. The summed E-state index contributed by atoms with van der Waals surface area (Å²) < 4.78 is 5.82. The van der Waals surface area contributed by atoms with Gasteiger partial charge in [0.15, 0.2) is 0 Å². The molecule has 0 aliphatic heterocycles. The third-order valence-electron chi connectivity index (χ3n) is 2.57. The van der Waals surface area contributed by atoms with Gasteiger partial charge in [0, 0.05) is 0 Å². The molecule has 1 nitrogen and oxygen atoms in total. The minimum Gasteiger partial charge on any atom is -0.491 e. The number of hydrogen-bond donors (Lipinski definition) is 0. The van der Waals surface area contributed by atoms with Gasteiger partial charge in [0.05, 0.1) is 6.10 Å². The van der Waals surface area contributed by atoms with Crippen molar-refractivity contribution in [1.29, 1.82) is 0 Å². The van der Waals surface area contributed by atoms with Crippen LogP contribution in [0, 0.1) is 6.92 Å². The minimum atomic E-state index is 0.333. The number of unbranched alkanes of at least 4 members (excludes halogenated alkanes) is 2. The Kier molecular flexibility index (Phi) is 5.23. The van der Waals surface area contributed by atoms with Crippen LogP contribution in [0.5, 0.6) is 5.75 Å². The summed E-state index contributed by atoms with van der Waals surface area (Å²) in [4.78, 5) is 0. The summed E-state index contributed by atoms with van der Waals surface area (Å²) in [5.41, 5.74) is 1.28. The quantitative estimate of drug-likeness (QED) is 0.629. The molecule has 0 spiro atoms. The maximum absolute atomic E-state index is 5.82. The average molecular weight is 206 g/mol. The number of benzene rings is 1. The molecule has 0 aliphatic rings. The first-order valence-electron chi connectivity index (χ1n) is 5.95. The van der Waals surface area contributed by atoms with Crippen LogP contribution in [0.25, 0.3) is 0 Å². The van der Waals surface area contributed by atoms with Gasteiger partial charge in [0.2, 0.25) is 0 Å². The molecule has 15 heavy (non-hydrogen) atoms. The summed E-state index contributed by atoms with van der Waals surface area (Å²) in [6.07, 6.45) is 5.34. The maximum Gasteiger partial charge on any atom is 0.119 e. The van der Waals surface area contributed by atoms with E-state index in [0.29, 0.717) is 6.10 Å². The van der Waals surface area contributed by atoms with Crippen molar-refractivity contribution in [3.8, 4) is 5.75 Å². The predicted octanol–water partition coefficient (Wildman–Crippen LogP) is 4.34. The molecule has 1 aromatic carbocycles. The number of hydrogen-bond acceptors (Lipinski definition) is 1. The fourth-order valence-electron chi connectivity index (χ4n) is 1.59. The zero-order chi connectivity index (χ0) is 11.1. The van der Waals surface area contributed by atoms with Crippen LogP contribution >= 0.6 is 0 Å². The molecule has 0 amide bonds. The third-order valence-corrected chi connectivity index (χ3v) is 2.57. The van der Waals surface area contributed by atoms with Gasteiger partial charge in [-0.2, -0.15) is 0 Å². The highest BCUT2D eigenvalue weighted by Crippen LogP contribution is 2.15. The number of rotatable bonds is 6. The second-order valence-electron chi connectivity index (χ2n) is 4.24. The van der Waals surface area contributed by atoms with E-state index in [1.165, 1.54) is 24.8 Å². The zero-order valence-corrected chi connectivity index (χ0v) is 10.1. The fourth-order valence-corrected chi connectivity index (χ4v) is 1.59.